The van der Waals surface area contributed by atoms with E-state index in [9.17, 15) is 14.4 Å². The summed E-state index contributed by atoms with van der Waals surface area (Å²) in [4.78, 5) is 41.6. The van der Waals surface area contributed by atoms with E-state index in [1.165, 1.54) is 16.9 Å². The van der Waals surface area contributed by atoms with Crippen LogP contribution >= 0.6 is 11.3 Å². The van der Waals surface area contributed by atoms with Gasteiger partial charge in [0.1, 0.15) is 0 Å². The molecule has 0 saturated carbocycles. The zero-order valence-electron chi connectivity index (χ0n) is 15.2. The quantitative estimate of drug-likeness (QED) is 0.650. The van der Waals surface area contributed by atoms with Crippen molar-refractivity contribution in [3.63, 3.8) is 0 Å². The van der Waals surface area contributed by atoms with E-state index < -0.39 is 6.03 Å². The minimum Gasteiger partial charge on any atom is -0.329 e. The van der Waals surface area contributed by atoms with Crippen LogP contribution in [0.25, 0.3) is 10.2 Å². The highest BCUT2D eigenvalue weighted by molar-refractivity contribution is 7.22. The van der Waals surface area contributed by atoms with Gasteiger partial charge in [0.2, 0.25) is 5.91 Å². The van der Waals surface area contributed by atoms with Gasteiger partial charge in [-0.25, -0.2) is 9.78 Å². The zero-order chi connectivity index (χ0) is 19.7. The molecule has 8 heteroatoms. The lowest BCUT2D eigenvalue weighted by atomic mass is 10.1. The van der Waals surface area contributed by atoms with Crippen molar-refractivity contribution in [2.24, 2.45) is 0 Å². The summed E-state index contributed by atoms with van der Waals surface area (Å²) in [5.74, 6) is -0.561. The molecule has 1 aliphatic rings. The van der Waals surface area contributed by atoms with E-state index in [-0.39, 0.29) is 24.9 Å². The summed E-state index contributed by atoms with van der Waals surface area (Å²) in [5.41, 5.74) is 3.22. The fraction of sp³-hybridized carbons (Fsp3) is 0.200. The van der Waals surface area contributed by atoms with Crippen molar-refractivity contribution in [1.29, 1.82) is 0 Å². The fourth-order valence-electron chi connectivity index (χ4n) is 3.02. The first-order valence-corrected chi connectivity index (χ1v) is 9.73. The third-order valence-corrected chi connectivity index (χ3v) is 5.48. The number of fused-ring (bicyclic) bond motifs is 1. The number of urea groups is 1. The molecule has 1 aromatic heterocycles. The van der Waals surface area contributed by atoms with Crippen LogP contribution in [0.4, 0.5) is 9.93 Å². The highest BCUT2D eigenvalue weighted by Gasteiger charge is 2.28. The molecule has 0 bridgehead atoms. The van der Waals surface area contributed by atoms with Crippen LogP contribution in [-0.4, -0.2) is 34.3 Å². The molecule has 0 aliphatic carbocycles. The Bertz CT molecular complexity index is 1080. The lowest BCUT2D eigenvalue weighted by Gasteiger charge is -2.13. The number of rotatable bonds is 5. The van der Waals surface area contributed by atoms with Gasteiger partial charge in [-0.3, -0.25) is 19.8 Å². The van der Waals surface area contributed by atoms with E-state index >= 15 is 0 Å². The first kappa shape index (κ1) is 18.1. The second-order valence-corrected chi connectivity index (χ2v) is 7.50. The molecule has 0 unspecified atom stereocenters. The predicted molar refractivity (Wildman–Crippen MR) is 107 cm³/mol. The number of carbonyl (C=O) groups is 3. The lowest BCUT2D eigenvalue weighted by molar-refractivity contribution is -0.125. The summed E-state index contributed by atoms with van der Waals surface area (Å²) in [6.45, 7) is 2.24. The average Bonchev–Trinajstić information content (AvgIpc) is 3.24. The van der Waals surface area contributed by atoms with Crippen LogP contribution in [0.3, 0.4) is 0 Å². The number of amides is 4. The van der Waals surface area contributed by atoms with E-state index in [0.717, 1.165) is 21.5 Å². The number of benzene rings is 2. The van der Waals surface area contributed by atoms with Crippen LogP contribution in [0.15, 0.2) is 42.5 Å². The largest absolute Gasteiger partial charge is 0.329 e. The molecule has 3 aromatic rings. The van der Waals surface area contributed by atoms with E-state index in [1.54, 1.807) is 24.3 Å². The smallest absolute Gasteiger partial charge is 0.324 e. The maximum Gasteiger partial charge on any atom is 0.324 e. The maximum atomic E-state index is 12.6. The molecule has 1 aliphatic heterocycles. The Morgan fingerprint density at radius 2 is 2.07 bits per heavy atom. The number of carbonyl (C=O) groups excluding carboxylic acids is 3. The molecule has 0 atom stereocenters. The predicted octanol–water partition coefficient (Wildman–Crippen LogP) is 3.16. The Balaban J connectivity index is 1.50. The number of aromatic nitrogens is 1. The van der Waals surface area contributed by atoms with Gasteiger partial charge in [-0.05, 0) is 41.8 Å². The number of imide groups is 1. The van der Waals surface area contributed by atoms with Crippen molar-refractivity contribution in [3.8, 4) is 0 Å². The van der Waals surface area contributed by atoms with E-state index in [1.807, 2.05) is 12.1 Å². The molecular formula is C20H18N4O3S. The highest BCUT2D eigenvalue weighted by Crippen LogP contribution is 2.27. The van der Waals surface area contributed by atoms with E-state index in [4.69, 9.17) is 0 Å². The Hall–Kier alpha value is -3.26. The molecule has 0 radical (unpaired) electrons. The molecule has 0 spiro atoms. The van der Waals surface area contributed by atoms with Crippen molar-refractivity contribution in [1.82, 2.24) is 15.2 Å². The number of hydrogen-bond donors (Lipinski definition) is 2. The SMILES string of the molecule is CCc1ccc2nc(NC(=O)c3cccc(CN4C(=O)CNC4=O)c3)sc2c1. The number of anilines is 1. The second-order valence-electron chi connectivity index (χ2n) is 6.47. The van der Waals surface area contributed by atoms with Crippen molar-refractivity contribution >= 4 is 44.5 Å². The first-order chi connectivity index (χ1) is 13.5. The topological polar surface area (TPSA) is 91.4 Å². The summed E-state index contributed by atoms with van der Waals surface area (Å²) in [6.07, 6.45) is 0.944. The molecule has 7 nitrogen and oxygen atoms in total. The number of aryl methyl sites for hydroxylation is 1. The second kappa shape index (κ2) is 7.40. The number of thiazole rings is 1. The molecule has 2 aromatic carbocycles. The van der Waals surface area contributed by atoms with E-state index in [2.05, 4.69) is 28.6 Å². The molecule has 1 saturated heterocycles. The van der Waals surface area contributed by atoms with Gasteiger partial charge in [0.05, 0.1) is 23.3 Å². The molecule has 142 valence electrons. The van der Waals surface area contributed by atoms with Crippen LogP contribution in [0, 0.1) is 0 Å². The number of hydrogen-bond acceptors (Lipinski definition) is 5. The molecular weight excluding hydrogens is 376 g/mol. The molecule has 2 N–H and O–H groups in total. The summed E-state index contributed by atoms with van der Waals surface area (Å²) in [6, 6.07) is 12.5. The molecule has 4 amide bonds. The van der Waals surface area contributed by atoms with Crippen molar-refractivity contribution in [2.75, 3.05) is 11.9 Å². The Morgan fingerprint density at radius 3 is 2.82 bits per heavy atom. The molecule has 4 rings (SSSR count). The maximum absolute atomic E-state index is 12.6. The van der Waals surface area contributed by atoms with Crippen LogP contribution in [-0.2, 0) is 17.8 Å². The fourth-order valence-corrected chi connectivity index (χ4v) is 3.95. The monoisotopic (exact) mass is 394 g/mol. The standard InChI is InChI=1S/C20H18N4O3S/c1-2-12-6-7-15-16(9-12)28-19(22-15)23-18(26)14-5-3-4-13(8-14)11-24-17(25)10-21-20(24)27/h3-9H,2,10-11H2,1H3,(H,21,27)(H,22,23,26). The number of nitrogens with zero attached hydrogens (tertiary/aromatic N) is 2. The van der Waals surface area contributed by atoms with Crippen LogP contribution in [0.1, 0.15) is 28.4 Å². The van der Waals surface area contributed by atoms with Gasteiger partial charge in [0.25, 0.3) is 5.91 Å². The minimum atomic E-state index is -0.416. The molecule has 1 fully saturated rings. The van der Waals surface area contributed by atoms with Gasteiger partial charge in [-0.1, -0.05) is 36.5 Å². The van der Waals surface area contributed by atoms with Gasteiger partial charge < -0.3 is 5.32 Å². The van der Waals surface area contributed by atoms with Crippen molar-refractivity contribution < 1.29 is 14.4 Å². The summed E-state index contributed by atoms with van der Waals surface area (Å²) >= 11 is 1.43. The molecule has 2 heterocycles. The summed E-state index contributed by atoms with van der Waals surface area (Å²) in [5, 5.41) is 5.85. The summed E-state index contributed by atoms with van der Waals surface area (Å²) < 4.78 is 1.03. The van der Waals surface area contributed by atoms with Crippen LogP contribution in [0.5, 0.6) is 0 Å². The average molecular weight is 394 g/mol. The van der Waals surface area contributed by atoms with Gasteiger partial charge in [-0.2, -0.15) is 0 Å². The highest BCUT2D eigenvalue weighted by atomic mass is 32.1. The normalized spacial score (nSPS) is 13.8. The van der Waals surface area contributed by atoms with E-state index in [0.29, 0.717) is 16.3 Å². The number of nitrogens with one attached hydrogen (secondary N) is 2. The molecule has 28 heavy (non-hydrogen) atoms. The van der Waals surface area contributed by atoms with Gasteiger partial charge in [-0.15, -0.1) is 0 Å². The summed E-state index contributed by atoms with van der Waals surface area (Å²) in [7, 11) is 0. The Kier molecular flexibility index (Phi) is 4.79. The van der Waals surface area contributed by atoms with Gasteiger partial charge in [0.15, 0.2) is 5.13 Å². The Morgan fingerprint density at radius 1 is 1.21 bits per heavy atom. The van der Waals surface area contributed by atoms with Crippen LogP contribution in [0.2, 0.25) is 0 Å². The van der Waals surface area contributed by atoms with Crippen molar-refractivity contribution in [2.45, 2.75) is 19.9 Å². The third kappa shape index (κ3) is 3.59. The zero-order valence-corrected chi connectivity index (χ0v) is 16.0. The lowest BCUT2D eigenvalue weighted by Crippen LogP contribution is -2.30. The Labute approximate surface area is 165 Å². The first-order valence-electron chi connectivity index (χ1n) is 8.91. The van der Waals surface area contributed by atoms with Gasteiger partial charge >= 0.3 is 6.03 Å². The van der Waals surface area contributed by atoms with Gasteiger partial charge in [0, 0.05) is 5.56 Å². The van der Waals surface area contributed by atoms with Crippen LogP contribution < -0.4 is 10.6 Å². The minimum absolute atomic E-state index is 0.0103. The third-order valence-electron chi connectivity index (χ3n) is 4.55. The van der Waals surface area contributed by atoms with Crippen molar-refractivity contribution in [3.05, 3.63) is 59.2 Å².